The van der Waals surface area contributed by atoms with E-state index in [4.69, 9.17) is 4.74 Å². The number of H-pyrrole nitrogens is 2. The first kappa shape index (κ1) is 15.2. The third kappa shape index (κ3) is 3.16. The summed E-state index contributed by atoms with van der Waals surface area (Å²) in [6.45, 7) is 0.857. The molecule has 0 spiro atoms. The number of nitrogens with one attached hydrogen (secondary N) is 2. The number of benzene rings is 2. The number of rotatable bonds is 2. The SMILES string of the molecule is O=C(Cc1n[nH]c(=O)[nH]1)N1Cc2ccccc2Oc2ccccc2C1. The van der Waals surface area contributed by atoms with Crippen molar-refractivity contribution in [3.63, 3.8) is 0 Å². The summed E-state index contributed by atoms with van der Waals surface area (Å²) < 4.78 is 6.03. The van der Waals surface area contributed by atoms with Gasteiger partial charge in [0.2, 0.25) is 5.91 Å². The number of aromatic nitrogens is 3. The predicted molar refractivity (Wildman–Crippen MR) is 90.1 cm³/mol. The number of hydrogen-bond acceptors (Lipinski definition) is 4. The number of para-hydroxylation sites is 2. The van der Waals surface area contributed by atoms with Crippen LogP contribution in [0.3, 0.4) is 0 Å². The molecular formula is C18H16N4O3. The van der Waals surface area contributed by atoms with Crippen molar-refractivity contribution in [1.82, 2.24) is 20.1 Å². The van der Waals surface area contributed by atoms with Crippen LogP contribution in [0.1, 0.15) is 17.0 Å². The molecule has 126 valence electrons. The van der Waals surface area contributed by atoms with Crippen LogP contribution in [0.15, 0.2) is 53.3 Å². The number of aromatic amines is 2. The monoisotopic (exact) mass is 336 g/mol. The van der Waals surface area contributed by atoms with E-state index in [0.717, 1.165) is 22.6 Å². The highest BCUT2D eigenvalue weighted by atomic mass is 16.5. The van der Waals surface area contributed by atoms with Crippen LogP contribution in [0.25, 0.3) is 0 Å². The van der Waals surface area contributed by atoms with Gasteiger partial charge in [-0.05, 0) is 12.1 Å². The van der Waals surface area contributed by atoms with Crippen LogP contribution in [-0.4, -0.2) is 26.0 Å². The average molecular weight is 336 g/mol. The number of nitrogens with zero attached hydrogens (tertiary/aromatic N) is 2. The largest absolute Gasteiger partial charge is 0.457 e. The van der Waals surface area contributed by atoms with E-state index in [1.807, 2.05) is 48.5 Å². The van der Waals surface area contributed by atoms with Gasteiger partial charge < -0.3 is 9.64 Å². The minimum Gasteiger partial charge on any atom is -0.457 e. The van der Waals surface area contributed by atoms with Crippen LogP contribution < -0.4 is 10.4 Å². The number of carbonyl (C=O) groups excluding carboxylic acids is 1. The summed E-state index contributed by atoms with van der Waals surface area (Å²) in [5.41, 5.74) is 1.45. The van der Waals surface area contributed by atoms with Gasteiger partial charge in [0, 0.05) is 24.2 Å². The fourth-order valence-corrected chi connectivity index (χ4v) is 2.87. The minimum absolute atomic E-state index is 0.0317. The minimum atomic E-state index is -0.417. The van der Waals surface area contributed by atoms with E-state index >= 15 is 0 Å². The van der Waals surface area contributed by atoms with Crippen molar-refractivity contribution >= 4 is 5.91 Å². The van der Waals surface area contributed by atoms with Gasteiger partial charge in [0.25, 0.3) is 0 Å². The van der Waals surface area contributed by atoms with E-state index in [1.54, 1.807) is 4.90 Å². The topological polar surface area (TPSA) is 91.1 Å². The molecule has 7 nitrogen and oxygen atoms in total. The predicted octanol–water partition coefficient (Wildman–Crippen LogP) is 1.98. The lowest BCUT2D eigenvalue weighted by Gasteiger charge is -2.27. The van der Waals surface area contributed by atoms with Gasteiger partial charge in [-0.1, -0.05) is 36.4 Å². The molecule has 1 aliphatic rings. The molecule has 0 atom stereocenters. The second-order valence-corrected chi connectivity index (χ2v) is 5.87. The molecule has 1 amide bonds. The van der Waals surface area contributed by atoms with E-state index in [0.29, 0.717) is 18.9 Å². The molecule has 0 fully saturated rings. The standard InChI is InChI=1S/C18H16N4O3/c23-17(9-16-19-18(24)21-20-16)22-10-12-5-1-3-7-14(12)25-15-8-4-2-6-13(15)11-22/h1-8H,9-11H2,(H2,19,20,21,24). The Morgan fingerprint density at radius 2 is 1.64 bits per heavy atom. The van der Waals surface area contributed by atoms with Crippen molar-refractivity contribution in [2.24, 2.45) is 0 Å². The van der Waals surface area contributed by atoms with Gasteiger partial charge in [-0.2, -0.15) is 5.10 Å². The zero-order chi connectivity index (χ0) is 17.2. The van der Waals surface area contributed by atoms with Gasteiger partial charge in [0.1, 0.15) is 17.3 Å². The average Bonchev–Trinajstić information content (AvgIpc) is 3.00. The fraction of sp³-hybridized carbons (Fsp3) is 0.167. The number of hydrogen-bond donors (Lipinski definition) is 2. The molecular weight excluding hydrogens is 320 g/mol. The summed E-state index contributed by atoms with van der Waals surface area (Å²) in [4.78, 5) is 28.2. The highest BCUT2D eigenvalue weighted by molar-refractivity contribution is 5.78. The Morgan fingerprint density at radius 3 is 2.20 bits per heavy atom. The molecule has 0 bridgehead atoms. The van der Waals surface area contributed by atoms with Gasteiger partial charge in [0.05, 0.1) is 6.42 Å². The van der Waals surface area contributed by atoms with Crippen molar-refractivity contribution in [3.8, 4) is 11.5 Å². The first-order chi connectivity index (χ1) is 12.2. The lowest BCUT2D eigenvalue weighted by atomic mass is 10.1. The maximum Gasteiger partial charge on any atom is 0.340 e. The molecule has 4 rings (SSSR count). The van der Waals surface area contributed by atoms with Gasteiger partial charge in [0.15, 0.2) is 0 Å². The molecule has 2 N–H and O–H groups in total. The highest BCUT2D eigenvalue weighted by Crippen LogP contribution is 2.32. The van der Waals surface area contributed by atoms with E-state index in [1.165, 1.54) is 0 Å². The normalized spacial score (nSPS) is 13.2. The molecule has 0 aliphatic carbocycles. The number of amides is 1. The lowest BCUT2D eigenvalue weighted by molar-refractivity contribution is -0.131. The molecule has 0 saturated heterocycles. The van der Waals surface area contributed by atoms with Crippen molar-refractivity contribution < 1.29 is 9.53 Å². The molecule has 2 heterocycles. The van der Waals surface area contributed by atoms with E-state index in [-0.39, 0.29) is 12.3 Å². The molecule has 2 aromatic carbocycles. The molecule has 0 radical (unpaired) electrons. The number of carbonyl (C=O) groups is 1. The van der Waals surface area contributed by atoms with E-state index in [9.17, 15) is 9.59 Å². The smallest absolute Gasteiger partial charge is 0.340 e. The Hall–Kier alpha value is -3.35. The second kappa shape index (κ2) is 6.27. The third-order valence-corrected chi connectivity index (χ3v) is 4.11. The first-order valence-corrected chi connectivity index (χ1v) is 7.94. The molecule has 1 aromatic heterocycles. The second-order valence-electron chi connectivity index (χ2n) is 5.87. The molecule has 3 aromatic rings. The highest BCUT2D eigenvalue weighted by Gasteiger charge is 2.22. The van der Waals surface area contributed by atoms with Crippen LogP contribution >= 0.6 is 0 Å². The molecule has 0 saturated carbocycles. The summed E-state index contributed by atoms with van der Waals surface area (Å²) in [5.74, 6) is 1.69. The zero-order valence-electron chi connectivity index (χ0n) is 13.4. The quantitative estimate of drug-likeness (QED) is 0.748. The van der Waals surface area contributed by atoms with E-state index in [2.05, 4.69) is 15.2 Å². The van der Waals surface area contributed by atoms with Gasteiger partial charge in [-0.15, -0.1) is 0 Å². The molecule has 1 aliphatic heterocycles. The van der Waals surface area contributed by atoms with Crippen LogP contribution in [0.4, 0.5) is 0 Å². The maximum absolute atomic E-state index is 12.8. The Balaban J connectivity index is 1.68. The Morgan fingerprint density at radius 1 is 1.04 bits per heavy atom. The lowest BCUT2D eigenvalue weighted by Crippen LogP contribution is -2.32. The molecule has 0 unspecified atom stereocenters. The van der Waals surface area contributed by atoms with Crippen molar-refractivity contribution in [1.29, 1.82) is 0 Å². The Kier molecular flexibility index (Phi) is 3.81. The maximum atomic E-state index is 12.8. The summed E-state index contributed by atoms with van der Waals surface area (Å²) >= 11 is 0. The van der Waals surface area contributed by atoms with Crippen molar-refractivity contribution in [2.75, 3.05) is 0 Å². The van der Waals surface area contributed by atoms with Crippen LogP contribution in [0.2, 0.25) is 0 Å². The van der Waals surface area contributed by atoms with Gasteiger partial charge in [-0.25, -0.2) is 9.89 Å². The fourth-order valence-electron chi connectivity index (χ4n) is 2.87. The van der Waals surface area contributed by atoms with E-state index < -0.39 is 5.69 Å². The van der Waals surface area contributed by atoms with Crippen LogP contribution in [-0.2, 0) is 24.3 Å². The summed E-state index contributed by atoms with van der Waals surface area (Å²) in [6, 6.07) is 15.3. The molecule has 25 heavy (non-hydrogen) atoms. The van der Waals surface area contributed by atoms with Crippen LogP contribution in [0, 0.1) is 0 Å². The van der Waals surface area contributed by atoms with Gasteiger partial charge in [-0.3, -0.25) is 9.78 Å². The van der Waals surface area contributed by atoms with Gasteiger partial charge >= 0.3 is 5.69 Å². The number of fused-ring (bicyclic) bond motifs is 2. The number of ether oxygens (including phenoxy) is 1. The third-order valence-electron chi connectivity index (χ3n) is 4.11. The Labute approximate surface area is 143 Å². The first-order valence-electron chi connectivity index (χ1n) is 7.94. The summed E-state index contributed by atoms with van der Waals surface area (Å²) in [7, 11) is 0. The Bertz CT molecular complexity index is 928. The van der Waals surface area contributed by atoms with Crippen LogP contribution in [0.5, 0.6) is 11.5 Å². The van der Waals surface area contributed by atoms with Crippen molar-refractivity contribution in [3.05, 3.63) is 76.0 Å². The molecule has 7 heteroatoms. The summed E-state index contributed by atoms with van der Waals surface area (Å²) in [6.07, 6.45) is 0.0317. The zero-order valence-corrected chi connectivity index (χ0v) is 13.4. The van der Waals surface area contributed by atoms with Crippen molar-refractivity contribution in [2.45, 2.75) is 19.5 Å². The summed E-state index contributed by atoms with van der Waals surface area (Å²) in [5, 5.41) is 6.09.